The molecule has 1 saturated heterocycles. The van der Waals surface area contributed by atoms with E-state index in [4.69, 9.17) is 9.47 Å². The lowest BCUT2D eigenvalue weighted by Gasteiger charge is -2.34. The average molecular weight is 248 g/mol. The van der Waals surface area contributed by atoms with Crippen LogP contribution in [0.1, 0.15) is 24.0 Å². The second-order valence-corrected chi connectivity index (χ2v) is 4.90. The number of carbonyl (C=O) groups is 1. The smallest absolute Gasteiger partial charge is 0.169 e. The third-order valence-electron chi connectivity index (χ3n) is 3.68. The SMILES string of the molecule is COC1(C(=O)Cc2ccc(C)cc2)CCOCC1. The average Bonchev–Trinajstić information content (AvgIpc) is 2.42. The van der Waals surface area contributed by atoms with Gasteiger partial charge in [-0.05, 0) is 12.5 Å². The van der Waals surface area contributed by atoms with Crippen molar-refractivity contribution in [3.05, 3.63) is 35.4 Å². The van der Waals surface area contributed by atoms with E-state index in [0.29, 0.717) is 32.5 Å². The van der Waals surface area contributed by atoms with Crippen molar-refractivity contribution in [3.8, 4) is 0 Å². The topological polar surface area (TPSA) is 35.5 Å². The summed E-state index contributed by atoms with van der Waals surface area (Å²) < 4.78 is 10.8. The molecule has 2 rings (SSSR count). The number of rotatable bonds is 4. The van der Waals surface area contributed by atoms with E-state index in [1.807, 2.05) is 31.2 Å². The minimum absolute atomic E-state index is 0.164. The van der Waals surface area contributed by atoms with E-state index in [2.05, 4.69) is 0 Å². The van der Waals surface area contributed by atoms with Crippen molar-refractivity contribution >= 4 is 5.78 Å². The monoisotopic (exact) mass is 248 g/mol. The van der Waals surface area contributed by atoms with Crippen molar-refractivity contribution in [2.24, 2.45) is 0 Å². The van der Waals surface area contributed by atoms with Crippen molar-refractivity contribution in [1.82, 2.24) is 0 Å². The normalized spacial score (nSPS) is 18.6. The highest BCUT2D eigenvalue weighted by atomic mass is 16.5. The number of benzene rings is 1. The summed E-state index contributed by atoms with van der Waals surface area (Å²) in [6.45, 7) is 3.25. The highest BCUT2D eigenvalue weighted by Crippen LogP contribution is 2.27. The van der Waals surface area contributed by atoms with Crippen LogP contribution in [0.5, 0.6) is 0 Å². The fourth-order valence-corrected chi connectivity index (χ4v) is 2.35. The maximum absolute atomic E-state index is 12.4. The van der Waals surface area contributed by atoms with E-state index in [1.165, 1.54) is 5.56 Å². The molecule has 0 radical (unpaired) electrons. The van der Waals surface area contributed by atoms with Gasteiger partial charge in [-0.3, -0.25) is 4.79 Å². The van der Waals surface area contributed by atoms with Crippen LogP contribution in [0.15, 0.2) is 24.3 Å². The first-order chi connectivity index (χ1) is 8.66. The van der Waals surface area contributed by atoms with Gasteiger partial charge in [0, 0.05) is 39.6 Å². The molecule has 3 heteroatoms. The minimum atomic E-state index is -0.636. The van der Waals surface area contributed by atoms with Crippen molar-refractivity contribution in [1.29, 1.82) is 0 Å². The molecule has 0 spiro atoms. The second kappa shape index (κ2) is 5.63. The number of carbonyl (C=O) groups excluding carboxylic acids is 1. The molecule has 0 bridgehead atoms. The van der Waals surface area contributed by atoms with Crippen LogP contribution in [-0.2, 0) is 20.7 Å². The van der Waals surface area contributed by atoms with Crippen LogP contribution < -0.4 is 0 Å². The Kier molecular flexibility index (Phi) is 4.15. The quantitative estimate of drug-likeness (QED) is 0.820. The van der Waals surface area contributed by atoms with Crippen LogP contribution in [-0.4, -0.2) is 31.7 Å². The molecule has 1 aliphatic rings. The zero-order valence-electron chi connectivity index (χ0n) is 11.1. The number of hydrogen-bond acceptors (Lipinski definition) is 3. The largest absolute Gasteiger partial charge is 0.381 e. The van der Waals surface area contributed by atoms with Crippen LogP contribution in [0.3, 0.4) is 0 Å². The molecule has 98 valence electrons. The van der Waals surface area contributed by atoms with E-state index < -0.39 is 5.60 Å². The van der Waals surface area contributed by atoms with Gasteiger partial charge < -0.3 is 9.47 Å². The first kappa shape index (κ1) is 13.2. The highest BCUT2D eigenvalue weighted by molar-refractivity contribution is 5.89. The molecule has 1 aromatic carbocycles. The van der Waals surface area contributed by atoms with Crippen LogP contribution in [0.25, 0.3) is 0 Å². The van der Waals surface area contributed by atoms with Gasteiger partial charge in [0.05, 0.1) is 0 Å². The molecule has 18 heavy (non-hydrogen) atoms. The van der Waals surface area contributed by atoms with Crippen LogP contribution in [0.2, 0.25) is 0 Å². The van der Waals surface area contributed by atoms with Crippen molar-refractivity contribution in [3.63, 3.8) is 0 Å². The lowest BCUT2D eigenvalue weighted by atomic mass is 9.86. The van der Waals surface area contributed by atoms with E-state index in [9.17, 15) is 4.79 Å². The third-order valence-corrected chi connectivity index (χ3v) is 3.68. The summed E-state index contributed by atoms with van der Waals surface area (Å²) in [6, 6.07) is 8.09. The Bertz CT molecular complexity index is 402. The molecule has 3 nitrogen and oxygen atoms in total. The number of Topliss-reactive ketones (excluding diaryl/α,β-unsaturated/α-hetero) is 1. The fourth-order valence-electron chi connectivity index (χ4n) is 2.35. The van der Waals surface area contributed by atoms with Gasteiger partial charge in [0.15, 0.2) is 5.78 Å². The summed E-state index contributed by atoms with van der Waals surface area (Å²) >= 11 is 0. The highest BCUT2D eigenvalue weighted by Gasteiger charge is 2.39. The fraction of sp³-hybridized carbons (Fsp3) is 0.533. The lowest BCUT2D eigenvalue weighted by molar-refractivity contribution is -0.151. The molecule has 1 fully saturated rings. The Labute approximate surface area is 108 Å². The molecule has 1 heterocycles. The number of aryl methyl sites for hydroxylation is 1. The lowest BCUT2D eigenvalue weighted by Crippen LogP contribution is -2.46. The number of ether oxygens (including phenoxy) is 2. The number of hydrogen-bond donors (Lipinski definition) is 0. The van der Waals surface area contributed by atoms with Crippen LogP contribution in [0.4, 0.5) is 0 Å². The molecule has 0 atom stereocenters. The molecule has 1 aromatic rings. The van der Waals surface area contributed by atoms with Crippen molar-refractivity contribution in [2.75, 3.05) is 20.3 Å². The molecule has 0 saturated carbocycles. The van der Waals surface area contributed by atoms with E-state index in [0.717, 1.165) is 5.56 Å². The molecular weight excluding hydrogens is 228 g/mol. The van der Waals surface area contributed by atoms with Gasteiger partial charge in [-0.2, -0.15) is 0 Å². The predicted octanol–water partition coefficient (Wildman–Crippen LogP) is 2.30. The summed E-state index contributed by atoms with van der Waals surface area (Å²) in [6.07, 6.45) is 1.76. The first-order valence-corrected chi connectivity index (χ1v) is 6.38. The summed E-state index contributed by atoms with van der Waals surface area (Å²) in [4.78, 5) is 12.4. The number of methoxy groups -OCH3 is 1. The van der Waals surface area contributed by atoms with Crippen molar-refractivity contribution < 1.29 is 14.3 Å². The summed E-state index contributed by atoms with van der Waals surface area (Å²) in [5, 5.41) is 0. The van der Waals surface area contributed by atoms with E-state index >= 15 is 0 Å². The predicted molar refractivity (Wildman–Crippen MR) is 69.7 cm³/mol. The van der Waals surface area contributed by atoms with Gasteiger partial charge in [0.1, 0.15) is 5.60 Å². The zero-order chi connectivity index (χ0) is 13.0. The van der Waals surface area contributed by atoms with E-state index in [-0.39, 0.29) is 5.78 Å². The first-order valence-electron chi connectivity index (χ1n) is 6.38. The Morgan fingerprint density at radius 1 is 1.28 bits per heavy atom. The Hall–Kier alpha value is -1.19. The van der Waals surface area contributed by atoms with E-state index in [1.54, 1.807) is 7.11 Å². The Morgan fingerprint density at radius 2 is 1.89 bits per heavy atom. The standard InChI is InChI=1S/C15H20O3/c1-12-3-5-13(6-4-12)11-14(16)15(17-2)7-9-18-10-8-15/h3-6H,7-11H2,1-2H3. The van der Waals surface area contributed by atoms with Gasteiger partial charge in [-0.1, -0.05) is 29.8 Å². The van der Waals surface area contributed by atoms with Crippen LogP contribution in [0, 0.1) is 6.92 Å². The minimum Gasteiger partial charge on any atom is -0.381 e. The molecule has 1 aliphatic heterocycles. The molecule has 0 aromatic heterocycles. The Balaban J connectivity index is 2.07. The van der Waals surface area contributed by atoms with Gasteiger partial charge in [-0.15, -0.1) is 0 Å². The molecule has 0 unspecified atom stereocenters. The Morgan fingerprint density at radius 3 is 2.44 bits per heavy atom. The van der Waals surface area contributed by atoms with Crippen LogP contribution >= 0.6 is 0 Å². The third kappa shape index (κ3) is 2.79. The molecule has 0 N–H and O–H groups in total. The molecule has 0 amide bonds. The summed E-state index contributed by atoms with van der Waals surface area (Å²) in [7, 11) is 1.62. The zero-order valence-corrected chi connectivity index (χ0v) is 11.1. The maximum atomic E-state index is 12.4. The maximum Gasteiger partial charge on any atom is 0.169 e. The van der Waals surface area contributed by atoms with Gasteiger partial charge in [0.2, 0.25) is 0 Å². The molecule has 0 aliphatic carbocycles. The summed E-state index contributed by atoms with van der Waals surface area (Å²) in [5.41, 5.74) is 1.62. The summed E-state index contributed by atoms with van der Waals surface area (Å²) in [5.74, 6) is 0.164. The van der Waals surface area contributed by atoms with Gasteiger partial charge in [-0.25, -0.2) is 0 Å². The van der Waals surface area contributed by atoms with Gasteiger partial charge in [0.25, 0.3) is 0 Å². The number of ketones is 1. The molecular formula is C15H20O3. The van der Waals surface area contributed by atoms with Gasteiger partial charge >= 0.3 is 0 Å². The second-order valence-electron chi connectivity index (χ2n) is 4.90. The van der Waals surface area contributed by atoms with Crippen molar-refractivity contribution in [2.45, 2.75) is 31.8 Å².